The van der Waals surface area contributed by atoms with E-state index < -0.39 is 19.3 Å². The first-order valence-electron chi connectivity index (χ1n) is 6.72. The number of allylic oxidation sites excluding steroid dienone is 1. The van der Waals surface area contributed by atoms with E-state index in [9.17, 15) is 9.36 Å². The quantitative estimate of drug-likeness (QED) is 0.550. The molecule has 20 heavy (non-hydrogen) atoms. The smallest absolute Gasteiger partial charge is 0.407 e. The van der Waals surface area contributed by atoms with Crippen LogP contribution in [0.5, 0.6) is 0 Å². The van der Waals surface area contributed by atoms with E-state index in [0.717, 1.165) is 0 Å². The van der Waals surface area contributed by atoms with Crippen molar-refractivity contribution in [1.82, 2.24) is 5.32 Å². The summed E-state index contributed by atoms with van der Waals surface area (Å²) >= 11 is 0. The number of carbonyl (C=O) groups excluding carboxylic acids is 1. The van der Waals surface area contributed by atoms with Gasteiger partial charge in [0.2, 0.25) is 0 Å². The van der Waals surface area contributed by atoms with Gasteiger partial charge in [0.25, 0.3) is 0 Å². The second-order valence-electron chi connectivity index (χ2n) is 4.98. The van der Waals surface area contributed by atoms with E-state index in [0.29, 0.717) is 19.8 Å². The van der Waals surface area contributed by atoms with Crippen molar-refractivity contribution in [3.63, 3.8) is 0 Å². The highest BCUT2D eigenvalue weighted by Gasteiger charge is 2.21. The summed E-state index contributed by atoms with van der Waals surface area (Å²) in [5.74, 6) is 0. The molecule has 0 bridgehead atoms. The third-order valence-electron chi connectivity index (χ3n) is 1.91. The minimum absolute atomic E-state index is 0.185. The Hall–Kier alpha value is -0.840. The predicted molar refractivity (Wildman–Crippen MR) is 79.1 cm³/mol. The summed E-state index contributed by atoms with van der Waals surface area (Å²) in [5.41, 5.74) is -0.520. The number of nitrogens with one attached hydrogen (secondary N) is 1. The molecule has 0 atom stereocenters. The Kier molecular flexibility index (Phi) is 8.78. The normalized spacial score (nSPS) is 12.7. The van der Waals surface area contributed by atoms with Crippen LogP contribution in [-0.4, -0.2) is 37.6 Å². The van der Waals surface area contributed by atoms with Crippen LogP contribution in [0.3, 0.4) is 0 Å². The maximum absolute atomic E-state index is 12.1. The van der Waals surface area contributed by atoms with Crippen LogP contribution >= 0.6 is 7.60 Å². The van der Waals surface area contributed by atoms with Gasteiger partial charge in [-0.3, -0.25) is 4.57 Å². The molecule has 1 N–H and O–H groups in total. The lowest BCUT2D eigenvalue weighted by Crippen LogP contribution is -2.32. The number of ether oxygens (including phenoxy) is 1. The van der Waals surface area contributed by atoms with Crippen LogP contribution in [0.1, 0.15) is 34.6 Å². The summed E-state index contributed by atoms with van der Waals surface area (Å²) in [5, 5.41) is 2.57. The molecule has 7 heteroatoms. The molecular formula is C13H26NO5P. The summed E-state index contributed by atoms with van der Waals surface area (Å²) in [6.07, 6.45) is 3.06. The molecule has 118 valence electrons. The predicted octanol–water partition coefficient (Wildman–Crippen LogP) is 3.33. The zero-order valence-corrected chi connectivity index (χ0v) is 13.9. The fourth-order valence-corrected chi connectivity index (χ4v) is 2.76. The maximum Gasteiger partial charge on any atom is 0.407 e. The Bertz CT molecular complexity index is 352. The Balaban J connectivity index is 4.07. The fraction of sp³-hybridized carbons (Fsp3) is 0.769. The molecule has 0 radical (unpaired) electrons. The van der Waals surface area contributed by atoms with Crippen molar-refractivity contribution in [3.8, 4) is 0 Å². The van der Waals surface area contributed by atoms with Crippen molar-refractivity contribution >= 4 is 13.7 Å². The van der Waals surface area contributed by atoms with E-state index in [1.54, 1.807) is 46.8 Å². The van der Waals surface area contributed by atoms with Crippen LogP contribution < -0.4 is 5.32 Å². The number of hydrogen-bond donors (Lipinski definition) is 1. The first-order chi connectivity index (χ1) is 9.22. The summed E-state index contributed by atoms with van der Waals surface area (Å²) in [6.45, 7) is 9.88. The first kappa shape index (κ1) is 19.2. The Morgan fingerprint density at radius 2 is 1.70 bits per heavy atom. The molecule has 6 nitrogen and oxygen atoms in total. The Morgan fingerprint density at radius 3 is 2.15 bits per heavy atom. The summed E-state index contributed by atoms with van der Waals surface area (Å²) < 4.78 is 27.4. The Morgan fingerprint density at radius 1 is 1.15 bits per heavy atom. The molecule has 0 saturated heterocycles. The van der Waals surface area contributed by atoms with Crippen LogP contribution in [0.25, 0.3) is 0 Å². The Labute approximate surface area is 121 Å². The lowest BCUT2D eigenvalue weighted by molar-refractivity contribution is 0.0534. The summed E-state index contributed by atoms with van der Waals surface area (Å²) in [6, 6.07) is 0. The molecule has 0 unspecified atom stereocenters. The lowest BCUT2D eigenvalue weighted by Gasteiger charge is -2.19. The minimum Gasteiger partial charge on any atom is -0.444 e. The van der Waals surface area contributed by atoms with Crippen molar-refractivity contribution in [1.29, 1.82) is 0 Å². The van der Waals surface area contributed by atoms with Gasteiger partial charge in [0.05, 0.1) is 19.4 Å². The van der Waals surface area contributed by atoms with Gasteiger partial charge in [0, 0.05) is 6.54 Å². The highest BCUT2D eigenvalue weighted by Crippen LogP contribution is 2.47. The van der Waals surface area contributed by atoms with E-state index in [1.165, 1.54) is 0 Å². The number of carbonyl (C=O) groups is 1. The van der Waals surface area contributed by atoms with Gasteiger partial charge >= 0.3 is 13.7 Å². The van der Waals surface area contributed by atoms with Crippen LogP contribution in [0.15, 0.2) is 12.2 Å². The van der Waals surface area contributed by atoms with E-state index in [1.807, 2.05) is 0 Å². The van der Waals surface area contributed by atoms with Gasteiger partial charge in [0.15, 0.2) is 0 Å². The highest BCUT2D eigenvalue weighted by molar-refractivity contribution is 7.54. The van der Waals surface area contributed by atoms with Crippen LogP contribution in [0.4, 0.5) is 4.79 Å². The minimum atomic E-state index is -3.05. The molecule has 0 rings (SSSR count). The van der Waals surface area contributed by atoms with Crippen LogP contribution in [0.2, 0.25) is 0 Å². The van der Waals surface area contributed by atoms with Gasteiger partial charge in [-0.1, -0.05) is 12.2 Å². The molecule has 0 heterocycles. The zero-order chi connectivity index (χ0) is 15.6. The highest BCUT2D eigenvalue weighted by atomic mass is 31.2. The van der Waals surface area contributed by atoms with E-state index in [2.05, 4.69) is 5.32 Å². The van der Waals surface area contributed by atoms with Gasteiger partial charge in [-0.2, -0.15) is 0 Å². The zero-order valence-electron chi connectivity index (χ0n) is 13.0. The van der Waals surface area contributed by atoms with Crippen molar-refractivity contribution in [2.24, 2.45) is 0 Å². The number of amides is 1. The molecule has 0 aromatic carbocycles. The van der Waals surface area contributed by atoms with Gasteiger partial charge < -0.3 is 19.1 Å². The molecule has 0 aliphatic rings. The number of hydrogen-bond acceptors (Lipinski definition) is 5. The standard InChI is InChI=1S/C13H26NO5P/c1-6-17-20(16,18-7-2)11-9-8-10-14-12(15)19-13(3,4)5/h8-9H,6-7,10-11H2,1-5H3,(H,14,15)/b9-8+. The number of alkyl carbamates (subject to hydrolysis) is 1. The molecule has 0 aliphatic heterocycles. The average molecular weight is 307 g/mol. The first-order valence-corrected chi connectivity index (χ1v) is 8.45. The molecule has 0 aromatic heterocycles. The number of rotatable bonds is 8. The molecule has 0 fully saturated rings. The second kappa shape index (κ2) is 9.16. The molecule has 0 aromatic rings. The largest absolute Gasteiger partial charge is 0.444 e. The lowest BCUT2D eigenvalue weighted by atomic mass is 10.2. The maximum atomic E-state index is 12.1. The molecular weight excluding hydrogens is 281 g/mol. The summed E-state index contributed by atoms with van der Waals surface area (Å²) in [7, 11) is -3.05. The second-order valence-corrected chi connectivity index (χ2v) is 7.09. The molecule has 1 amide bonds. The molecule has 0 spiro atoms. The van der Waals surface area contributed by atoms with Gasteiger partial charge in [-0.25, -0.2) is 4.79 Å². The van der Waals surface area contributed by atoms with E-state index >= 15 is 0 Å². The van der Waals surface area contributed by atoms with Crippen molar-refractivity contribution in [2.45, 2.75) is 40.2 Å². The third-order valence-corrected chi connectivity index (χ3v) is 3.87. The van der Waals surface area contributed by atoms with Crippen LogP contribution in [-0.2, 0) is 18.3 Å². The fourth-order valence-electron chi connectivity index (χ4n) is 1.28. The van der Waals surface area contributed by atoms with E-state index in [4.69, 9.17) is 13.8 Å². The van der Waals surface area contributed by atoms with Crippen molar-refractivity contribution in [3.05, 3.63) is 12.2 Å². The third kappa shape index (κ3) is 10.0. The van der Waals surface area contributed by atoms with Gasteiger partial charge in [0.1, 0.15) is 5.60 Å². The van der Waals surface area contributed by atoms with Gasteiger partial charge in [-0.05, 0) is 34.6 Å². The molecule has 0 saturated carbocycles. The van der Waals surface area contributed by atoms with E-state index in [-0.39, 0.29) is 6.16 Å². The average Bonchev–Trinajstić information content (AvgIpc) is 2.26. The summed E-state index contributed by atoms with van der Waals surface area (Å²) in [4.78, 5) is 11.4. The van der Waals surface area contributed by atoms with Crippen molar-refractivity contribution < 1.29 is 23.1 Å². The van der Waals surface area contributed by atoms with Crippen LogP contribution in [0, 0.1) is 0 Å². The SMILES string of the molecule is CCOP(=O)(C/C=C/CNC(=O)OC(C)(C)C)OCC. The molecule has 0 aliphatic carbocycles. The topological polar surface area (TPSA) is 73.9 Å². The van der Waals surface area contributed by atoms with Gasteiger partial charge in [-0.15, -0.1) is 0 Å². The monoisotopic (exact) mass is 307 g/mol. The van der Waals surface area contributed by atoms with Crippen molar-refractivity contribution in [2.75, 3.05) is 25.9 Å².